The minimum absolute atomic E-state index is 0.645. The molecule has 82 valence electrons. The molecule has 0 spiro atoms. The maximum Gasteiger partial charge on any atom is 0.142 e. The number of pyridine rings is 1. The number of hydrogen-bond acceptors (Lipinski definition) is 3. The summed E-state index contributed by atoms with van der Waals surface area (Å²) in [6, 6.07) is 7.81. The Kier molecular flexibility index (Phi) is 2.77. The van der Waals surface area contributed by atoms with E-state index in [1.165, 1.54) is 0 Å². The van der Waals surface area contributed by atoms with E-state index < -0.39 is 0 Å². The molecule has 1 heterocycles. The third-order valence-corrected chi connectivity index (χ3v) is 2.44. The van der Waals surface area contributed by atoms with Crippen molar-refractivity contribution in [3.8, 4) is 16.9 Å². The van der Waals surface area contributed by atoms with Gasteiger partial charge in [0.05, 0.1) is 12.8 Å². The summed E-state index contributed by atoms with van der Waals surface area (Å²) in [5.74, 6) is 0.694. The Morgan fingerprint density at radius 1 is 1.12 bits per heavy atom. The van der Waals surface area contributed by atoms with Gasteiger partial charge in [0, 0.05) is 18.0 Å². The molecule has 0 saturated heterocycles. The number of rotatable bonds is 2. The van der Waals surface area contributed by atoms with Crippen LogP contribution in [-0.4, -0.2) is 12.1 Å². The zero-order valence-corrected chi connectivity index (χ0v) is 9.40. The lowest BCUT2D eigenvalue weighted by Gasteiger charge is -2.07. The van der Waals surface area contributed by atoms with Gasteiger partial charge < -0.3 is 10.5 Å². The molecule has 0 saturated carbocycles. The van der Waals surface area contributed by atoms with Crippen LogP contribution < -0.4 is 10.5 Å². The monoisotopic (exact) mass is 214 g/mol. The fourth-order valence-electron chi connectivity index (χ4n) is 1.60. The predicted molar refractivity (Wildman–Crippen MR) is 65.4 cm³/mol. The van der Waals surface area contributed by atoms with Crippen LogP contribution in [0.5, 0.6) is 5.75 Å². The lowest BCUT2D eigenvalue weighted by Crippen LogP contribution is -1.92. The van der Waals surface area contributed by atoms with Crippen LogP contribution in [0, 0.1) is 6.92 Å². The zero-order valence-electron chi connectivity index (χ0n) is 9.40. The van der Waals surface area contributed by atoms with Crippen molar-refractivity contribution in [2.75, 3.05) is 12.8 Å². The van der Waals surface area contributed by atoms with E-state index in [4.69, 9.17) is 10.5 Å². The lowest BCUT2D eigenvalue weighted by atomic mass is 10.1. The smallest absolute Gasteiger partial charge is 0.142 e. The van der Waals surface area contributed by atoms with Crippen molar-refractivity contribution >= 4 is 5.69 Å². The second kappa shape index (κ2) is 4.23. The molecule has 0 bridgehead atoms. The number of benzene rings is 1. The Labute approximate surface area is 94.9 Å². The molecule has 0 aliphatic carbocycles. The van der Waals surface area contributed by atoms with E-state index in [9.17, 15) is 0 Å². The minimum Gasteiger partial charge on any atom is -0.495 e. The van der Waals surface area contributed by atoms with E-state index in [1.54, 1.807) is 7.11 Å². The molecule has 1 aromatic heterocycles. The second-order valence-electron chi connectivity index (χ2n) is 3.71. The first-order valence-corrected chi connectivity index (χ1v) is 5.06. The van der Waals surface area contributed by atoms with E-state index in [2.05, 4.69) is 11.1 Å². The first-order chi connectivity index (χ1) is 7.70. The number of methoxy groups -OCH3 is 1. The summed E-state index contributed by atoms with van der Waals surface area (Å²) >= 11 is 0. The molecule has 0 atom stereocenters. The first kappa shape index (κ1) is 10.5. The van der Waals surface area contributed by atoms with Gasteiger partial charge in [-0.05, 0) is 36.2 Å². The second-order valence-corrected chi connectivity index (χ2v) is 3.71. The predicted octanol–water partition coefficient (Wildman–Crippen LogP) is 2.65. The third kappa shape index (κ3) is 1.98. The number of aryl methyl sites for hydroxylation is 1. The summed E-state index contributed by atoms with van der Waals surface area (Å²) in [6.45, 7) is 2.02. The maximum absolute atomic E-state index is 5.77. The molecular formula is C13H14N2O. The van der Waals surface area contributed by atoms with Gasteiger partial charge in [-0.2, -0.15) is 0 Å². The first-order valence-electron chi connectivity index (χ1n) is 5.06. The summed E-state index contributed by atoms with van der Waals surface area (Å²) in [5, 5.41) is 0. The molecule has 0 fully saturated rings. The average Bonchev–Trinajstić information content (AvgIpc) is 2.29. The average molecular weight is 214 g/mol. The summed E-state index contributed by atoms with van der Waals surface area (Å²) in [7, 11) is 1.62. The Hall–Kier alpha value is -2.03. The molecule has 3 heteroatoms. The Morgan fingerprint density at radius 3 is 2.62 bits per heavy atom. The van der Waals surface area contributed by atoms with Gasteiger partial charge in [0.25, 0.3) is 0 Å². The van der Waals surface area contributed by atoms with Gasteiger partial charge in [-0.15, -0.1) is 0 Å². The molecule has 0 unspecified atom stereocenters. The highest BCUT2D eigenvalue weighted by molar-refractivity contribution is 5.69. The standard InChI is InChI=1S/C13H14N2O/c1-9-5-11(8-15-7-9)10-3-4-12(14)13(6-10)16-2/h3-8H,14H2,1-2H3. The van der Waals surface area contributed by atoms with E-state index >= 15 is 0 Å². The number of anilines is 1. The molecule has 2 N–H and O–H groups in total. The highest BCUT2D eigenvalue weighted by Gasteiger charge is 2.03. The lowest BCUT2D eigenvalue weighted by molar-refractivity contribution is 0.417. The number of aromatic nitrogens is 1. The summed E-state index contributed by atoms with van der Waals surface area (Å²) in [5.41, 5.74) is 9.67. The van der Waals surface area contributed by atoms with Crippen molar-refractivity contribution in [3.63, 3.8) is 0 Å². The van der Waals surface area contributed by atoms with Crippen LogP contribution >= 0.6 is 0 Å². The summed E-state index contributed by atoms with van der Waals surface area (Å²) < 4.78 is 5.19. The van der Waals surface area contributed by atoms with Crippen molar-refractivity contribution in [1.82, 2.24) is 4.98 Å². The van der Waals surface area contributed by atoms with Crippen molar-refractivity contribution in [2.45, 2.75) is 6.92 Å². The number of nitrogens with two attached hydrogens (primary N) is 1. The molecule has 0 radical (unpaired) electrons. The van der Waals surface area contributed by atoms with Crippen LogP contribution in [0.25, 0.3) is 11.1 Å². The van der Waals surface area contributed by atoms with Gasteiger partial charge in [0.2, 0.25) is 0 Å². The van der Waals surface area contributed by atoms with Crippen LogP contribution in [0.2, 0.25) is 0 Å². The third-order valence-electron chi connectivity index (χ3n) is 2.44. The van der Waals surface area contributed by atoms with Crippen LogP contribution in [0.1, 0.15) is 5.56 Å². The molecular weight excluding hydrogens is 200 g/mol. The Bertz CT molecular complexity index is 509. The van der Waals surface area contributed by atoms with Gasteiger partial charge in [-0.25, -0.2) is 0 Å². The highest BCUT2D eigenvalue weighted by atomic mass is 16.5. The van der Waals surface area contributed by atoms with Crippen molar-refractivity contribution in [2.24, 2.45) is 0 Å². The van der Waals surface area contributed by atoms with E-state index in [0.717, 1.165) is 16.7 Å². The molecule has 0 amide bonds. The van der Waals surface area contributed by atoms with E-state index in [-0.39, 0.29) is 0 Å². The highest BCUT2D eigenvalue weighted by Crippen LogP contribution is 2.28. The molecule has 1 aromatic carbocycles. The molecule has 16 heavy (non-hydrogen) atoms. The molecule has 2 aromatic rings. The minimum atomic E-state index is 0.645. The van der Waals surface area contributed by atoms with Crippen LogP contribution in [0.15, 0.2) is 36.7 Å². The van der Waals surface area contributed by atoms with Gasteiger partial charge in [-0.1, -0.05) is 6.07 Å². The van der Waals surface area contributed by atoms with Crippen LogP contribution in [-0.2, 0) is 0 Å². The molecule has 3 nitrogen and oxygen atoms in total. The SMILES string of the molecule is COc1cc(-c2cncc(C)c2)ccc1N. The van der Waals surface area contributed by atoms with Gasteiger partial charge in [0.15, 0.2) is 0 Å². The number of nitrogens with zero attached hydrogens (tertiary/aromatic N) is 1. The number of ether oxygens (including phenoxy) is 1. The fraction of sp³-hybridized carbons (Fsp3) is 0.154. The van der Waals surface area contributed by atoms with Gasteiger partial charge >= 0.3 is 0 Å². The van der Waals surface area contributed by atoms with Gasteiger partial charge in [0.1, 0.15) is 5.75 Å². The van der Waals surface area contributed by atoms with Gasteiger partial charge in [-0.3, -0.25) is 4.98 Å². The molecule has 2 rings (SSSR count). The molecule has 0 aliphatic heterocycles. The normalized spacial score (nSPS) is 10.1. The quantitative estimate of drug-likeness (QED) is 0.782. The van der Waals surface area contributed by atoms with Crippen molar-refractivity contribution in [1.29, 1.82) is 0 Å². The fourth-order valence-corrected chi connectivity index (χ4v) is 1.60. The Balaban J connectivity index is 2.48. The zero-order chi connectivity index (χ0) is 11.5. The van der Waals surface area contributed by atoms with E-state index in [1.807, 2.05) is 37.5 Å². The number of hydrogen-bond donors (Lipinski definition) is 1. The summed E-state index contributed by atoms with van der Waals surface area (Å²) in [4.78, 5) is 4.17. The maximum atomic E-state index is 5.77. The van der Waals surface area contributed by atoms with Crippen molar-refractivity contribution in [3.05, 3.63) is 42.2 Å². The summed E-state index contributed by atoms with van der Waals surface area (Å²) in [6.07, 6.45) is 3.66. The Morgan fingerprint density at radius 2 is 1.94 bits per heavy atom. The number of nitrogen functional groups attached to an aromatic ring is 1. The van der Waals surface area contributed by atoms with Crippen LogP contribution in [0.3, 0.4) is 0 Å². The van der Waals surface area contributed by atoms with Crippen molar-refractivity contribution < 1.29 is 4.74 Å². The van der Waals surface area contributed by atoms with Crippen LogP contribution in [0.4, 0.5) is 5.69 Å². The van der Waals surface area contributed by atoms with E-state index in [0.29, 0.717) is 11.4 Å². The molecule has 0 aliphatic rings. The largest absolute Gasteiger partial charge is 0.495 e. The topological polar surface area (TPSA) is 48.1 Å².